The molecule has 0 fully saturated rings. The normalized spacial score (nSPS) is 12.4. The fourth-order valence-electron chi connectivity index (χ4n) is 1.93. The summed E-state index contributed by atoms with van der Waals surface area (Å²) in [5, 5.41) is 4.61. The van der Waals surface area contributed by atoms with E-state index in [9.17, 15) is 0 Å². The first kappa shape index (κ1) is 15.8. The van der Waals surface area contributed by atoms with Gasteiger partial charge < -0.3 is 5.32 Å². The van der Waals surface area contributed by atoms with E-state index in [2.05, 4.69) is 33.2 Å². The van der Waals surface area contributed by atoms with E-state index >= 15 is 0 Å². The molecule has 0 saturated carbocycles. The molecular formula is C15H15BrCl2N2. The van der Waals surface area contributed by atoms with Crippen molar-refractivity contribution in [1.82, 2.24) is 10.3 Å². The molecule has 1 aromatic carbocycles. The number of aromatic nitrogens is 1. The Kier molecular flexibility index (Phi) is 5.85. The van der Waals surface area contributed by atoms with Gasteiger partial charge in [-0.05, 0) is 58.7 Å². The minimum atomic E-state index is 0.0119. The molecule has 1 atom stereocenters. The van der Waals surface area contributed by atoms with Crippen LogP contribution < -0.4 is 5.32 Å². The Balaban J connectivity index is 2.35. The number of nitrogens with one attached hydrogen (secondary N) is 1. The van der Waals surface area contributed by atoms with E-state index in [1.807, 2.05) is 30.3 Å². The molecule has 0 radical (unpaired) electrons. The van der Waals surface area contributed by atoms with Gasteiger partial charge in [-0.15, -0.1) is 0 Å². The van der Waals surface area contributed by atoms with E-state index in [0.717, 1.165) is 28.7 Å². The monoisotopic (exact) mass is 372 g/mol. The van der Waals surface area contributed by atoms with Gasteiger partial charge in [-0.25, -0.2) is 0 Å². The maximum atomic E-state index is 6.12. The lowest BCUT2D eigenvalue weighted by Gasteiger charge is -2.19. The molecule has 1 N–H and O–H groups in total. The van der Waals surface area contributed by atoms with Crippen LogP contribution in [0.4, 0.5) is 0 Å². The standard InChI is InChI=1S/C15H15BrCl2N2/c1-2-7-19-15(14-6-4-11(16)9-20-14)10-3-5-12(17)13(18)8-10/h3-6,8-9,15,19H,2,7H2,1H3. The lowest BCUT2D eigenvalue weighted by Crippen LogP contribution is -2.24. The number of hydrogen-bond acceptors (Lipinski definition) is 2. The third kappa shape index (κ3) is 3.95. The van der Waals surface area contributed by atoms with Crippen LogP contribution in [0, 0.1) is 0 Å². The Morgan fingerprint density at radius 3 is 2.60 bits per heavy atom. The first-order chi connectivity index (χ1) is 9.61. The topological polar surface area (TPSA) is 24.9 Å². The van der Waals surface area contributed by atoms with E-state index in [1.54, 1.807) is 6.20 Å². The molecule has 0 aliphatic rings. The Morgan fingerprint density at radius 1 is 1.20 bits per heavy atom. The lowest BCUT2D eigenvalue weighted by molar-refractivity contribution is 0.586. The van der Waals surface area contributed by atoms with Crippen molar-refractivity contribution in [1.29, 1.82) is 0 Å². The van der Waals surface area contributed by atoms with Crippen molar-refractivity contribution >= 4 is 39.1 Å². The molecule has 0 spiro atoms. The van der Waals surface area contributed by atoms with Crippen molar-refractivity contribution < 1.29 is 0 Å². The van der Waals surface area contributed by atoms with E-state index in [4.69, 9.17) is 23.2 Å². The molecule has 2 aromatic rings. The maximum absolute atomic E-state index is 6.12. The van der Waals surface area contributed by atoms with Gasteiger partial charge in [-0.2, -0.15) is 0 Å². The Morgan fingerprint density at radius 2 is 2.00 bits per heavy atom. The average molecular weight is 374 g/mol. The summed E-state index contributed by atoms with van der Waals surface area (Å²) in [5.74, 6) is 0. The van der Waals surface area contributed by atoms with Gasteiger partial charge in [-0.1, -0.05) is 36.2 Å². The molecule has 2 nitrogen and oxygen atoms in total. The van der Waals surface area contributed by atoms with Crippen LogP contribution >= 0.6 is 39.1 Å². The number of benzene rings is 1. The van der Waals surface area contributed by atoms with Gasteiger partial charge in [-0.3, -0.25) is 4.98 Å². The highest BCUT2D eigenvalue weighted by molar-refractivity contribution is 9.10. The van der Waals surface area contributed by atoms with Crippen LogP contribution in [-0.2, 0) is 0 Å². The molecule has 1 heterocycles. The zero-order valence-electron chi connectivity index (χ0n) is 11.0. The largest absolute Gasteiger partial charge is 0.305 e. The van der Waals surface area contributed by atoms with E-state index in [1.165, 1.54) is 0 Å². The first-order valence-electron chi connectivity index (χ1n) is 6.41. The Hall–Kier alpha value is -0.610. The Labute approximate surface area is 137 Å². The molecule has 1 unspecified atom stereocenters. The molecule has 0 aliphatic carbocycles. The van der Waals surface area contributed by atoms with Gasteiger partial charge in [0.1, 0.15) is 0 Å². The maximum Gasteiger partial charge on any atom is 0.0751 e. The minimum absolute atomic E-state index is 0.0119. The van der Waals surface area contributed by atoms with E-state index in [-0.39, 0.29) is 6.04 Å². The van der Waals surface area contributed by atoms with Crippen LogP contribution in [-0.4, -0.2) is 11.5 Å². The van der Waals surface area contributed by atoms with Gasteiger partial charge in [0.15, 0.2) is 0 Å². The van der Waals surface area contributed by atoms with Crippen LogP contribution in [0.25, 0.3) is 0 Å². The molecule has 0 amide bonds. The highest BCUT2D eigenvalue weighted by Gasteiger charge is 2.15. The highest BCUT2D eigenvalue weighted by atomic mass is 79.9. The molecule has 0 saturated heterocycles. The van der Waals surface area contributed by atoms with Crippen molar-refractivity contribution in [2.45, 2.75) is 19.4 Å². The predicted molar refractivity (Wildman–Crippen MR) is 88.5 cm³/mol. The molecule has 20 heavy (non-hydrogen) atoms. The summed E-state index contributed by atoms with van der Waals surface area (Å²) in [7, 11) is 0. The van der Waals surface area contributed by atoms with Crippen LogP contribution in [0.5, 0.6) is 0 Å². The lowest BCUT2D eigenvalue weighted by atomic mass is 10.0. The van der Waals surface area contributed by atoms with Crippen molar-refractivity contribution in [3.8, 4) is 0 Å². The second kappa shape index (κ2) is 7.41. The van der Waals surface area contributed by atoms with E-state index < -0.39 is 0 Å². The average Bonchev–Trinajstić information content (AvgIpc) is 2.45. The van der Waals surface area contributed by atoms with Gasteiger partial charge in [0.25, 0.3) is 0 Å². The van der Waals surface area contributed by atoms with Crippen molar-refractivity contribution in [3.05, 3.63) is 62.3 Å². The van der Waals surface area contributed by atoms with Crippen LogP contribution in [0.15, 0.2) is 41.0 Å². The summed E-state index contributed by atoms with van der Waals surface area (Å²) in [5.41, 5.74) is 2.02. The van der Waals surface area contributed by atoms with Gasteiger partial charge in [0.05, 0.1) is 21.8 Å². The van der Waals surface area contributed by atoms with E-state index in [0.29, 0.717) is 10.0 Å². The smallest absolute Gasteiger partial charge is 0.0751 e. The zero-order chi connectivity index (χ0) is 14.5. The number of rotatable bonds is 5. The predicted octanol–water partition coefficient (Wildman–Crippen LogP) is 5.24. The third-order valence-corrected chi connectivity index (χ3v) is 4.13. The fraction of sp³-hybridized carbons (Fsp3) is 0.267. The third-order valence-electron chi connectivity index (χ3n) is 2.92. The summed E-state index contributed by atoms with van der Waals surface area (Å²) in [6, 6.07) is 9.68. The summed E-state index contributed by atoms with van der Waals surface area (Å²) in [6.07, 6.45) is 2.85. The summed E-state index contributed by atoms with van der Waals surface area (Å²) in [6.45, 7) is 3.04. The first-order valence-corrected chi connectivity index (χ1v) is 7.96. The molecular weight excluding hydrogens is 359 g/mol. The molecule has 5 heteroatoms. The number of nitrogens with zero attached hydrogens (tertiary/aromatic N) is 1. The molecule has 0 bridgehead atoms. The SMILES string of the molecule is CCCNC(c1ccc(Cl)c(Cl)c1)c1ccc(Br)cn1. The molecule has 1 aromatic heterocycles. The van der Waals surface area contributed by atoms with Gasteiger partial charge in [0.2, 0.25) is 0 Å². The quantitative estimate of drug-likeness (QED) is 0.775. The van der Waals surface area contributed by atoms with Gasteiger partial charge in [0, 0.05) is 10.7 Å². The van der Waals surface area contributed by atoms with Crippen LogP contribution in [0.1, 0.15) is 30.6 Å². The molecule has 2 rings (SSSR count). The van der Waals surface area contributed by atoms with Crippen LogP contribution in [0.2, 0.25) is 10.0 Å². The van der Waals surface area contributed by atoms with Crippen LogP contribution in [0.3, 0.4) is 0 Å². The Bertz CT molecular complexity index is 573. The highest BCUT2D eigenvalue weighted by Crippen LogP contribution is 2.28. The van der Waals surface area contributed by atoms with Gasteiger partial charge >= 0.3 is 0 Å². The molecule has 106 valence electrons. The minimum Gasteiger partial charge on any atom is -0.305 e. The second-order valence-corrected chi connectivity index (χ2v) is 6.19. The summed E-state index contributed by atoms with van der Waals surface area (Å²) >= 11 is 15.5. The fourth-order valence-corrected chi connectivity index (χ4v) is 2.47. The van der Waals surface area contributed by atoms with Crippen molar-refractivity contribution in [3.63, 3.8) is 0 Å². The van der Waals surface area contributed by atoms with Crippen molar-refractivity contribution in [2.24, 2.45) is 0 Å². The number of halogens is 3. The summed E-state index contributed by atoms with van der Waals surface area (Å²) < 4.78 is 0.963. The summed E-state index contributed by atoms with van der Waals surface area (Å²) in [4.78, 5) is 4.47. The number of pyridine rings is 1. The molecule has 0 aliphatic heterocycles. The zero-order valence-corrected chi connectivity index (χ0v) is 14.1. The van der Waals surface area contributed by atoms with Crippen molar-refractivity contribution in [2.75, 3.05) is 6.54 Å². The number of hydrogen-bond donors (Lipinski definition) is 1. The second-order valence-electron chi connectivity index (χ2n) is 4.46.